The molecule has 2 aliphatic heterocycles. The topological polar surface area (TPSA) is 79.3 Å². The molecule has 0 radical (unpaired) electrons. The Bertz CT molecular complexity index is 777. The van der Waals surface area contributed by atoms with Crippen LogP contribution in [-0.4, -0.2) is 46.2 Å². The van der Waals surface area contributed by atoms with Crippen LogP contribution in [0.5, 0.6) is 0 Å². The Morgan fingerprint density at radius 3 is 2.68 bits per heavy atom. The van der Waals surface area contributed by atoms with Crippen LogP contribution in [0.3, 0.4) is 0 Å². The van der Waals surface area contributed by atoms with Crippen LogP contribution in [0.4, 0.5) is 0 Å². The average molecular weight is 389 g/mol. The van der Waals surface area contributed by atoms with Gasteiger partial charge in [-0.2, -0.15) is 0 Å². The minimum absolute atomic E-state index is 0.0984. The zero-order valence-electron chi connectivity index (χ0n) is 16.9. The number of aliphatic hydroxyl groups excluding tert-OH is 1. The molecule has 0 aromatic rings. The van der Waals surface area contributed by atoms with E-state index in [9.17, 15) is 15.0 Å². The summed E-state index contributed by atoms with van der Waals surface area (Å²) >= 11 is 0. The minimum atomic E-state index is -0.993. The fraction of sp³-hybridized carbons (Fsp3) is 0.870. The number of cyclic esters (lactones) is 1. The van der Waals surface area contributed by atoms with Gasteiger partial charge in [-0.05, 0) is 68.1 Å². The molecule has 5 heteroatoms. The molecule has 0 bridgehead atoms. The van der Waals surface area contributed by atoms with E-state index >= 15 is 0 Å². The molecule has 154 valence electrons. The lowest BCUT2D eigenvalue weighted by Crippen LogP contribution is -2.62. The lowest BCUT2D eigenvalue weighted by atomic mass is 9.43. The number of rotatable bonds is 1. The number of hydrogen-bond acceptors (Lipinski definition) is 5. The van der Waals surface area contributed by atoms with E-state index in [2.05, 4.69) is 13.8 Å². The largest absolute Gasteiger partial charge is 0.458 e. The van der Waals surface area contributed by atoms with Gasteiger partial charge < -0.3 is 19.7 Å². The van der Waals surface area contributed by atoms with Gasteiger partial charge in [-0.25, -0.2) is 4.79 Å². The van der Waals surface area contributed by atoms with Gasteiger partial charge in [0.05, 0.1) is 12.2 Å². The van der Waals surface area contributed by atoms with Gasteiger partial charge in [0, 0.05) is 23.5 Å². The third-order valence-corrected chi connectivity index (χ3v) is 10.4. The zero-order valence-corrected chi connectivity index (χ0v) is 16.9. The molecule has 4 saturated carbocycles. The summed E-state index contributed by atoms with van der Waals surface area (Å²) in [6.45, 7) is 4.89. The molecule has 5 nitrogen and oxygen atoms in total. The third-order valence-electron chi connectivity index (χ3n) is 10.4. The summed E-state index contributed by atoms with van der Waals surface area (Å²) in [4.78, 5) is 11.7. The van der Waals surface area contributed by atoms with Gasteiger partial charge in [0.1, 0.15) is 17.8 Å². The summed E-state index contributed by atoms with van der Waals surface area (Å²) in [7, 11) is 0. The fourth-order valence-corrected chi connectivity index (χ4v) is 8.80. The van der Waals surface area contributed by atoms with Crippen molar-refractivity contribution in [3.8, 4) is 0 Å². The lowest BCUT2D eigenvalue weighted by Gasteiger charge is -2.62. The van der Waals surface area contributed by atoms with Gasteiger partial charge >= 0.3 is 5.97 Å². The Balaban J connectivity index is 1.38. The number of epoxide rings is 1. The first-order chi connectivity index (χ1) is 13.2. The highest BCUT2D eigenvalue weighted by Crippen LogP contribution is 2.78. The summed E-state index contributed by atoms with van der Waals surface area (Å²) in [5.74, 6) is 1.36. The number of carbonyl (C=O) groups excluding carboxylic acids is 1. The molecule has 0 aromatic carbocycles. The molecule has 4 aliphatic carbocycles. The van der Waals surface area contributed by atoms with Crippen molar-refractivity contribution < 1.29 is 24.5 Å². The van der Waals surface area contributed by atoms with Gasteiger partial charge in [0.25, 0.3) is 0 Å². The number of hydrogen-bond donors (Lipinski definition) is 2. The predicted octanol–water partition coefficient (Wildman–Crippen LogP) is 2.74. The Labute approximate surface area is 166 Å². The minimum Gasteiger partial charge on any atom is -0.458 e. The van der Waals surface area contributed by atoms with Gasteiger partial charge in [-0.3, -0.25) is 0 Å². The summed E-state index contributed by atoms with van der Waals surface area (Å²) in [6, 6.07) is 0. The van der Waals surface area contributed by atoms with Gasteiger partial charge in [0.2, 0.25) is 0 Å². The summed E-state index contributed by atoms with van der Waals surface area (Å²) in [5.41, 5.74) is -0.562. The van der Waals surface area contributed by atoms with Crippen molar-refractivity contribution in [1.82, 2.24) is 0 Å². The van der Waals surface area contributed by atoms with Crippen LogP contribution in [0.25, 0.3) is 0 Å². The number of carbonyl (C=O) groups is 1. The normalized spacial score (nSPS) is 59.5. The van der Waals surface area contributed by atoms with Crippen LogP contribution >= 0.6 is 0 Å². The Hall–Kier alpha value is -0.910. The molecule has 0 aromatic heterocycles. The first-order valence-corrected chi connectivity index (χ1v) is 11.2. The molecular formula is C23H32O5. The van der Waals surface area contributed by atoms with Crippen molar-refractivity contribution in [3.05, 3.63) is 11.6 Å². The molecule has 1 spiro atoms. The van der Waals surface area contributed by atoms with Crippen LogP contribution in [0, 0.1) is 28.6 Å². The van der Waals surface area contributed by atoms with E-state index in [1.54, 1.807) is 0 Å². The van der Waals surface area contributed by atoms with Crippen molar-refractivity contribution in [1.29, 1.82) is 0 Å². The van der Waals surface area contributed by atoms with Crippen molar-refractivity contribution in [3.63, 3.8) is 0 Å². The third kappa shape index (κ3) is 1.83. The molecule has 2 N–H and O–H groups in total. The van der Waals surface area contributed by atoms with Crippen LogP contribution in [-0.2, 0) is 14.3 Å². The molecular weight excluding hydrogens is 356 g/mol. The fourth-order valence-electron chi connectivity index (χ4n) is 8.80. The second-order valence-electron chi connectivity index (χ2n) is 11.0. The Morgan fingerprint density at radius 2 is 1.93 bits per heavy atom. The van der Waals surface area contributed by atoms with Gasteiger partial charge in [0.15, 0.2) is 0 Å². The highest BCUT2D eigenvalue weighted by atomic mass is 16.6. The van der Waals surface area contributed by atoms with E-state index in [-0.39, 0.29) is 41.2 Å². The predicted molar refractivity (Wildman–Crippen MR) is 101 cm³/mol. The summed E-state index contributed by atoms with van der Waals surface area (Å²) < 4.78 is 11.6. The molecule has 0 unspecified atom stereocenters. The zero-order chi connectivity index (χ0) is 19.5. The van der Waals surface area contributed by atoms with E-state index in [1.807, 2.05) is 0 Å². The maximum Gasteiger partial charge on any atom is 0.331 e. The van der Waals surface area contributed by atoms with Gasteiger partial charge in [-0.15, -0.1) is 0 Å². The van der Waals surface area contributed by atoms with Crippen molar-refractivity contribution in [2.24, 2.45) is 28.6 Å². The lowest BCUT2D eigenvalue weighted by molar-refractivity contribution is -0.179. The summed E-state index contributed by atoms with van der Waals surface area (Å²) in [5, 5.41) is 22.1. The maximum atomic E-state index is 11.9. The first kappa shape index (κ1) is 17.9. The quantitative estimate of drug-likeness (QED) is 0.533. The summed E-state index contributed by atoms with van der Waals surface area (Å²) in [6.07, 6.45) is 9.38. The molecule has 2 heterocycles. The number of ether oxygens (including phenoxy) is 2. The standard InChI is InChI=1S/C23H32O5/c1-20-7-5-15(24)9-13(20)3-4-17-16(20)6-8-21(2)22(26,11-18-23(17,21)28-18)14-10-19(25)27-12-14/h10,13,15-18,24,26H,3-9,11-12H2,1-2H3/t13-,15+,16+,17-,18-,20+,21-,22+,23-/m1/s1. The molecule has 6 aliphatic rings. The second kappa shape index (κ2) is 5.22. The van der Waals surface area contributed by atoms with Gasteiger partial charge in [-0.1, -0.05) is 13.8 Å². The second-order valence-corrected chi connectivity index (χ2v) is 11.0. The SMILES string of the molecule is C[C@]12CC[C@H](O)C[C@H]1CC[C@@H]1[C@@H]2CC[C@@]2(C)[C@@]13O[C@@H]3C[C@]2(O)C1=CC(=O)OC1. The van der Waals surface area contributed by atoms with E-state index in [0.29, 0.717) is 24.2 Å². The van der Waals surface area contributed by atoms with Crippen LogP contribution in [0.15, 0.2) is 11.6 Å². The van der Waals surface area contributed by atoms with Crippen LogP contribution < -0.4 is 0 Å². The first-order valence-electron chi connectivity index (χ1n) is 11.2. The van der Waals surface area contributed by atoms with E-state index in [0.717, 1.165) is 50.5 Å². The molecule has 9 atom stereocenters. The average Bonchev–Trinajstić information content (AvgIpc) is 3.09. The number of fused-ring (bicyclic) bond motifs is 3. The molecule has 6 rings (SSSR count). The van der Waals surface area contributed by atoms with E-state index < -0.39 is 5.60 Å². The van der Waals surface area contributed by atoms with Crippen LogP contribution in [0.2, 0.25) is 0 Å². The smallest absolute Gasteiger partial charge is 0.331 e. The number of aliphatic hydroxyl groups is 2. The number of esters is 1. The maximum absolute atomic E-state index is 11.9. The monoisotopic (exact) mass is 388 g/mol. The van der Waals surface area contributed by atoms with Crippen molar-refractivity contribution in [2.45, 2.75) is 88.6 Å². The molecule has 0 amide bonds. The highest BCUT2D eigenvalue weighted by Gasteiger charge is 2.85. The molecule has 28 heavy (non-hydrogen) atoms. The Morgan fingerprint density at radius 1 is 1.11 bits per heavy atom. The van der Waals surface area contributed by atoms with Crippen LogP contribution in [0.1, 0.15) is 65.2 Å². The Kier molecular flexibility index (Phi) is 3.34. The van der Waals surface area contributed by atoms with Crippen molar-refractivity contribution in [2.75, 3.05) is 6.61 Å². The van der Waals surface area contributed by atoms with E-state index in [1.165, 1.54) is 6.08 Å². The highest BCUT2D eigenvalue weighted by molar-refractivity contribution is 5.86. The molecule has 1 saturated heterocycles. The molecule has 5 fully saturated rings. The van der Waals surface area contributed by atoms with E-state index in [4.69, 9.17) is 9.47 Å². The van der Waals surface area contributed by atoms with Crippen molar-refractivity contribution >= 4 is 5.97 Å².